The lowest BCUT2D eigenvalue weighted by Crippen LogP contribution is -2.23. The molecule has 1 atom stereocenters. The fourth-order valence-electron chi connectivity index (χ4n) is 2.25. The summed E-state index contributed by atoms with van der Waals surface area (Å²) in [7, 11) is 1.68. The maximum Gasteiger partial charge on any atom is 0.0572 e. The smallest absolute Gasteiger partial charge is 0.0572 e. The van der Waals surface area contributed by atoms with Crippen LogP contribution in [0.3, 0.4) is 0 Å². The molecule has 1 aromatic rings. The first-order valence-corrected chi connectivity index (χ1v) is 5.25. The van der Waals surface area contributed by atoms with Crippen molar-refractivity contribution in [2.45, 2.75) is 25.2 Å². The summed E-state index contributed by atoms with van der Waals surface area (Å²) in [6.07, 6.45) is 3.81. The third kappa shape index (κ3) is 1.97. The quantitative estimate of drug-likeness (QED) is 0.740. The fraction of sp³-hybridized carbons (Fsp3) is 0.500. The molecule has 0 amide bonds. The number of aryl methyl sites for hydroxylation is 1. The van der Waals surface area contributed by atoms with Crippen LogP contribution in [-0.2, 0) is 11.3 Å². The van der Waals surface area contributed by atoms with E-state index in [0.29, 0.717) is 5.92 Å². The molecule has 0 saturated heterocycles. The Kier molecular flexibility index (Phi) is 3.17. The van der Waals surface area contributed by atoms with Crippen LogP contribution in [0.4, 0.5) is 0 Å². The molecule has 0 aromatic heterocycles. The van der Waals surface area contributed by atoms with Gasteiger partial charge in [0.1, 0.15) is 0 Å². The van der Waals surface area contributed by atoms with Crippen LogP contribution in [0, 0.1) is 0 Å². The van der Waals surface area contributed by atoms with Crippen LogP contribution >= 0.6 is 0 Å². The number of nitrogens with one attached hydrogen (secondary N) is 1. The van der Waals surface area contributed by atoms with Crippen molar-refractivity contribution in [3.8, 4) is 0 Å². The summed E-state index contributed by atoms with van der Waals surface area (Å²) < 4.78 is 0. The van der Waals surface area contributed by atoms with Crippen molar-refractivity contribution in [1.82, 2.24) is 5.48 Å². The van der Waals surface area contributed by atoms with Gasteiger partial charge in [-0.15, -0.1) is 0 Å². The monoisotopic (exact) mass is 191 g/mol. The van der Waals surface area contributed by atoms with Gasteiger partial charge >= 0.3 is 0 Å². The second-order valence-electron chi connectivity index (χ2n) is 3.84. The minimum atomic E-state index is 0.625. The molecule has 0 aliphatic heterocycles. The molecular weight excluding hydrogens is 174 g/mol. The van der Waals surface area contributed by atoms with Gasteiger partial charge in [0.2, 0.25) is 0 Å². The predicted octanol–water partition coefficient (Wildman–Crippen LogP) is 2.26. The summed E-state index contributed by atoms with van der Waals surface area (Å²) in [6, 6.07) is 8.75. The number of fused-ring (bicyclic) bond motifs is 1. The first-order valence-electron chi connectivity index (χ1n) is 5.25. The fourth-order valence-corrected chi connectivity index (χ4v) is 2.25. The van der Waals surface area contributed by atoms with E-state index in [-0.39, 0.29) is 0 Å². The number of rotatable bonds is 3. The molecule has 0 spiro atoms. The van der Waals surface area contributed by atoms with Crippen molar-refractivity contribution in [2.75, 3.05) is 13.7 Å². The standard InChI is InChI=1S/C12H17NO/c1-14-13-9-11-7-4-6-10-5-2-3-8-12(10)11/h2-3,5,8,11,13H,4,6-7,9H2,1H3/t11-/m0/s1. The van der Waals surface area contributed by atoms with Gasteiger partial charge in [0, 0.05) is 6.54 Å². The molecule has 1 aliphatic carbocycles. The third-order valence-electron chi connectivity index (χ3n) is 2.97. The molecule has 0 saturated carbocycles. The molecule has 0 bridgehead atoms. The lowest BCUT2D eigenvalue weighted by Gasteiger charge is -2.25. The Morgan fingerprint density at radius 2 is 2.29 bits per heavy atom. The van der Waals surface area contributed by atoms with Crippen LogP contribution in [0.15, 0.2) is 24.3 Å². The third-order valence-corrected chi connectivity index (χ3v) is 2.97. The number of benzene rings is 1. The van der Waals surface area contributed by atoms with Gasteiger partial charge in [-0.05, 0) is 36.3 Å². The molecule has 2 heteroatoms. The van der Waals surface area contributed by atoms with Crippen molar-refractivity contribution < 1.29 is 4.84 Å². The summed E-state index contributed by atoms with van der Waals surface area (Å²) in [5, 5.41) is 0. The van der Waals surface area contributed by atoms with Crippen LogP contribution in [0.5, 0.6) is 0 Å². The second kappa shape index (κ2) is 4.58. The zero-order valence-corrected chi connectivity index (χ0v) is 8.62. The Hall–Kier alpha value is -0.860. The van der Waals surface area contributed by atoms with Gasteiger partial charge < -0.3 is 4.84 Å². The molecule has 14 heavy (non-hydrogen) atoms. The number of hydrogen-bond acceptors (Lipinski definition) is 2. The molecule has 2 rings (SSSR count). The lowest BCUT2D eigenvalue weighted by molar-refractivity contribution is 0.0856. The van der Waals surface area contributed by atoms with E-state index < -0.39 is 0 Å². The molecular formula is C12H17NO. The van der Waals surface area contributed by atoms with Crippen molar-refractivity contribution in [1.29, 1.82) is 0 Å². The Bertz CT molecular complexity index is 298. The van der Waals surface area contributed by atoms with Gasteiger partial charge in [-0.25, -0.2) is 5.48 Å². The van der Waals surface area contributed by atoms with E-state index in [1.807, 2.05) is 0 Å². The van der Waals surface area contributed by atoms with Crippen LogP contribution in [-0.4, -0.2) is 13.7 Å². The summed E-state index contributed by atoms with van der Waals surface area (Å²) in [4.78, 5) is 4.91. The summed E-state index contributed by atoms with van der Waals surface area (Å²) >= 11 is 0. The van der Waals surface area contributed by atoms with Gasteiger partial charge in [-0.2, -0.15) is 0 Å². The molecule has 0 radical (unpaired) electrons. The van der Waals surface area contributed by atoms with E-state index in [1.54, 1.807) is 7.11 Å². The van der Waals surface area contributed by atoms with Crippen LogP contribution in [0.2, 0.25) is 0 Å². The average molecular weight is 191 g/mol. The van der Waals surface area contributed by atoms with E-state index in [2.05, 4.69) is 29.7 Å². The SMILES string of the molecule is CONC[C@@H]1CCCc2ccccc21. The van der Waals surface area contributed by atoms with Gasteiger partial charge in [-0.1, -0.05) is 24.3 Å². The van der Waals surface area contributed by atoms with Gasteiger partial charge in [0.25, 0.3) is 0 Å². The first kappa shape index (κ1) is 9.69. The van der Waals surface area contributed by atoms with Crippen molar-refractivity contribution in [3.05, 3.63) is 35.4 Å². The minimum Gasteiger partial charge on any atom is -0.305 e. The van der Waals surface area contributed by atoms with Crippen molar-refractivity contribution in [2.24, 2.45) is 0 Å². The molecule has 0 unspecified atom stereocenters. The van der Waals surface area contributed by atoms with Gasteiger partial charge in [0.15, 0.2) is 0 Å². The molecule has 2 nitrogen and oxygen atoms in total. The van der Waals surface area contributed by atoms with E-state index in [4.69, 9.17) is 4.84 Å². The minimum absolute atomic E-state index is 0.625. The maximum atomic E-state index is 4.91. The molecule has 1 aromatic carbocycles. The average Bonchev–Trinajstić information content (AvgIpc) is 2.26. The zero-order chi connectivity index (χ0) is 9.80. The highest BCUT2D eigenvalue weighted by Gasteiger charge is 2.18. The van der Waals surface area contributed by atoms with Gasteiger partial charge in [-0.3, -0.25) is 0 Å². The largest absolute Gasteiger partial charge is 0.305 e. The van der Waals surface area contributed by atoms with Crippen LogP contribution < -0.4 is 5.48 Å². The second-order valence-corrected chi connectivity index (χ2v) is 3.84. The highest BCUT2D eigenvalue weighted by Crippen LogP contribution is 2.30. The van der Waals surface area contributed by atoms with E-state index >= 15 is 0 Å². The number of hydroxylamine groups is 1. The van der Waals surface area contributed by atoms with Crippen LogP contribution in [0.1, 0.15) is 29.9 Å². The number of hydrogen-bond donors (Lipinski definition) is 1. The Morgan fingerprint density at radius 1 is 1.43 bits per heavy atom. The zero-order valence-electron chi connectivity index (χ0n) is 8.62. The molecule has 0 fully saturated rings. The van der Waals surface area contributed by atoms with E-state index in [1.165, 1.54) is 30.4 Å². The van der Waals surface area contributed by atoms with Crippen molar-refractivity contribution >= 4 is 0 Å². The highest BCUT2D eigenvalue weighted by atomic mass is 16.6. The molecule has 0 heterocycles. The predicted molar refractivity (Wildman–Crippen MR) is 57.1 cm³/mol. The molecule has 76 valence electrons. The summed E-state index contributed by atoms with van der Waals surface area (Å²) in [5.74, 6) is 0.625. The summed E-state index contributed by atoms with van der Waals surface area (Å²) in [5.41, 5.74) is 5.98. The van der Waals surface area contributed by atoms with E-state index in [0.717, 1.165) is 6.54 Å². The van der Waals surface area contributed by atoms with Crippen molar-refractivity contribution in [3.63, 3.8) is 0 Å². The normalized spacial score (nSPS) is 20.5. The van der Waals surface area contributed by atoms with Crippen LogP contribution in [0.25, 0.3) is 0 Å². The Morgan fingerprint density at radius 3 is 3.14 bits per heavy atom. The summed E-state index contributed by atoms with van der Waals surface area (Å²) in [6.45, 7) is 0.924. The molecule has 1 N–H and O–H groups in total. The highest BCUT2D eigenvalue weighted by molar-refractivity contribution is 5.32. The Labute approximate surface area is 85.2 Å². The lowest BCUT2D eigenvalue weighted by atomic mass is 9.83. The van der Waals surface area contributed by atoms with E-state index in [9.17, 15) is 0 Å². The topological polar surface area (TPSA) is 21.3 Å². The molecule has 1 aliphatic rings. The van der Waals surface area contributed by atoms with Gasteiger partial charge in [0.05, 0.1) is 7.11 Å². The maximum absolute atomic E-state index is 4.91. The first-order chi connectivity index (χ1) is 6.92. The Balaban J connectivity index is 2.14.